The summed E-state index contributed by atoms with van der Waals surface area (Å²) in [6, 6.07) is 7.98. The van der Waals surface area contributed by atoms with Crippen LogP contribution in [0.15, 0.2) is 55.0 Å². The van der Waals surface area contributed by atoms with Crippen LogP contribution in [0, 0.1) is 0 Å². The molecular formula is C17H20N2OS. The Bertz CT molecular complexity index is 579. The Morgan fingerprint density at radius 1 is 1.19 bits per heavy atom. The third-order valence-corrected chi connectivity index (χ3v) is 3.99. The van der Waals surface area contributed by atoms with Gasteiger partial charge in [0.25, 0.3) is 0 Å². The summed E-state index contributed by atoms with van der Waals surface area (Å²) in [5.74, 6) is 0.860. The van der Waals surface area contributed by atoms with Crippen molar-refractivity contribution in [3.63, 3.8) is 0 Å². The lowest BCUT2D eigenvalue weighted by Crippen LogP contribution is -2.23. The number of hydrogen-bond acceptors (Lipinski definition) is 4. The molecular weight excluding hydrogens is 280 g/mol. The summed E-state index contributed by atoms with van der Waals surface area (Å²) in [6.07, 6.45) is 3.81. The van der Waals surface area contributed by atoms with Gasteiger partial charge >= 0.3 is 0 Å². The van der Waals surface area contributed by atoms with Crippen molar-refractivity contribution in [1.29, 1.82) is 0 Å². The Morgan fingerprint density at radius 3 is 2.43 bits per heavy atom. The Hall–Kier alpha value is -1.91. The molecule has 0 radical (unpaired) electrons. The van der Waals surface area contributed by atoms with Crippen molar-refractivity contribution >= 4 is 11.3 Å². The number of rotatable bonds is 8. The Kier molecular flexibility index (Phi) is 5.72. The first-order chi connectivity index (χ1) is 10.3. The van der Waals surface area contributed by atoms with E-state index in [2.05, 4.69) is 23.4 Å². The summed E-state index contributed by atoms with van der Waals surface area (Å²) in [4.78, 5) is 6.95. The lowest BCUT2D eigenvalue weighted by atomic mass is 10.2. The SMILES string of the molecule is C=CCN(CC=C)Cc1csc(-c2ccc(OC)cc2)n1. The van der Waals surface area contributed by atoms with Crippen LogP contribution in [0.4, 0.5) is 0 Å². The monoisotopic (exact) mass is 300 g/mol. The van der Waals surface area contributed by atoms with Gasteiger partial charge in [0.1, 0.15) is 10.8 Å². The number of ether oxygens (including phenoxy) is 1. The lowest BCUT2D eigenvalue weighted by molar-refractivity contribution is 0.324. The van der Waals surface area contributed by atoms with Crippen molar-refractivity contribution in [2.24, 2.45) is 0 Å². The molecule has 1 heterocycles. The number of benzene rings is 1. The van der Waals surface area contributed by atoms with Gasteiger partial charge in [-0.25, -0.2) is 4.98 Å². The summed E-state index contributed by atoms with van der Waals surface area (Å²) in [6.45, 7) is 10.1. The van der Waals surface area contributed by atoms with Gasteiger partial charge in [-0.1, -0.05) is 12.2 Å². The van der Waals surface area contributed by atoms with E-state index < -0.39 is 0 Å². The highest BCUT2D eigenvalue weighted by Gasteiger charge is 2.08. The molecule has 0 aliphatic rings. The van der Waals surface area contributed by atoms with E-state index in [0.717, 1.165) is 41.6 Å². The molecule has 21 heavy (non-hydrogen) atoms. The van der Waals surface area contributed by atoms with Crippen LogP contribution in [0.5, 0.6) is 5.75 Å². The predicted molar refractivity (Wildman–Crippen MR) is 89.8 cm³/mol. The first kappa shape index (κ1) is 15.5. The zero-order valence-corrected chi connectivity index (χ0v) is 13.1. The molecule has 0 aliphatic carbocycles. The molecule has 2 aromatic rings. The number of methoxy groups -OCH3 is 1. The van der Waals surface area contributed by atoms with Gasteiger partial charge in [-0.15, -0.1) is 24.5 Å². The molecule has 0 bridgehead atoms. The van der Waals surface area contributed by atoms with E-state index in [0.29, 0.717) is 0 Å². The summed E-state index contributed by atoms with van der Waals surface area (Å²) in [7, 11) is 1.67. The van der Waals surface area contributed by atoms with Gasteiger partial charge in [0.15, 0.2) is 0 Å². The minimum atomic E-state index is 0.810. The maximum absolute atomic E-state index is 5.17. The average molecular weight is 300 g/mol. The molecule has 4 heteroatoms. The third-order valence-electron chi connectivity index (χ3n) is 3.05. The zero-order chi connectivity index (χ0) is 15.1. The molecule has 1 aromatic heterocycles. The Labute approximate surface area is 130 Å². The van der Waals surface area contributed by atoms with Crippen molar-refractivity contribution in [3.8, 4) is 16.3 Å². The van der Waals surface area contributed by atoms with Crippen molar-refractivity contribution in [3.05, 3.63) is 60.6 Å². The van der Waals surface area contributed by atoms with Gasteiger partial charge in [-0.3, -0.25) is 4.90 Å². The van der Waals surface area contributed by atoms with Gasteiger partial charge in [0, 0.05) is 30.6 Å². The molecule has 0 saturated carbocycles. The molecule has 0 atom stereocenters. The van der Waals surface area contributed by atoms with Gasteiger partial charge in [0.05, 0.1) is 12.8 Å². The molecule has 0 amide bonds. The van der Waals surface area contributed by atoms with Crippen LogP contribution >= 0.6 is 11.3 Å². The molecule has 0 spiro atoms. The van der Waals surface area contributed by atoms with Crippen molar-refractivity contribution < 1.29 is 4.74 Å². The lowest BCUT2D eigenvalue weighted by Gasteiger charge is -2.16. The second-order valence-electron chi connectivity index (χ2n) is 4.64. The minimum absolute atomic E-state index is 0.810. The van der Waals surface area contributed by atoms with Crippen LogP contribution < -0.4 is 4.74 Å². The van der Waals surface area contributed by atoms with E-state index in [1.807, 2.05) is 36.4 Å². The quantitative estimate of drug-likeness (QED) is 0.689. The number of hydrogen-bond donors (Lipinski definition) is 0. The van der Waals surface area contributed by atoms with Crippen LogP contribution in [0.3, 0.4) is 0 Å². The average Bonchev–Trinajstić information content (AvgIpc) is 2.96. The van der Waals surface area contributed by atoms with Crippen molar-refractivity contribution in [2.45, 2.75) is 6.54 Å². The molecule has 2 rings (SSSR count). The van der Waals surface area contributed by atoms with Crippen LogP contribution in [0.25, 0.3) is 10.6 Å². The highest BCUT2D eigenvalue weighted by Crippen LogP contribution is 2.26. The van der Waals surface area contributed by atoms with Crippen molar-refractivity contribution in [1.82, 2.24) is 9.88 Å². The van der Waals surface area contributed by atoms with Crippen LogP contribution in [0.1, 0.15) is 5.69 Å². The molecule has 0 aliphatic heterocycles. The van der Waals surface area contributed by atoms with Gasteiger partial charge in [-0.2, -0.15) is 0 Å². The normalized spacial score (nSPS) is 10.6. The fourth-order valence-electron chi connectivity index (χ4n) is 2.04. The fraction of sp³-hybridized carbons (Fsp3) is 0.235. The standard InChI is InChI=1S/C17H20N2OS/c1-4-10-19(11-5-2)12-15-13-21-17(18-15)14-6-8-16(20-3)9-7-14/h4-9,13H,1-2,10-12H2,3H3. The summed E-state index contributed by atoms with van der Waals surface area (Å²) < 4.78 is 5.17. The van der Waals surface area contributed by atoms with E-state index in [1.165, 1.54) is 0 Å². The Balaban J connectivity index is 2.09. The van der Waals surface area contributed by atoms with Gasteiger partial charge in [-0.05, 0) is 24.3 Å². The number of nitrogens with zero attached hydrogens (tertiary/aromatic N) is 2. The van der Waals surface area contributed by atoms with Crippen LogP contribution in [0.2, 0.25) is 0 Å². The molecule has 0 saturated heterocycles. The van der Waals surface area contributed by atoms with Crippen LogP contribution in [-0.2, 0) is 6.54 Å². The number of aromatic nitrogens is 1. The number of thiazole rings is 1. The second kappa shape index (κ2) is 7.76. The van der Waals surface area contributed by atoms with E-state index in [-0.39, 0.29) is 0 Å². The summed E-state index contributed by atoms with van der Waals surface area (Å²) in [5.41, 5.74) is 2.19. The molecule has 1 aromatic carbocycles. The molecule has 110 valence electrons. The largest absolute Gasteiger partial charge is 0.497 e. The first-order valence-corrected chi connectivity index (χ1v) is 7.67. The molecule has 3 nitrogen and oxygen atoms in total. The highest BCUT2D eigenvalue weighted by atomic mass is 32.1. The van der Waals surface area contributed by atoms with E-state index in [9.17, 15) is 0 Å². The van der Waals surface area contributed by atoms with E-state index in [1.54, 1.807) is 18.4 Å². The first-order valence-electron chi connectivity index (χ1n) is 6.79. The molecule has 0 fully saturated rings. The van der Waals surface area contributed by atoms with Crippen molar-refractivity contribution in [2.75, 3.05) is 20.2 Å². The summed E-state index contributed by atoms with van der Waals surface area (Å²) in [5, 5.41) is 3.14. The minimum Gasteiger partial charge on any atom is -0.497 e. The maximum Gasteiger partial charge on any atom is 0.123 e. The van der Waals surface area contributed by atoms with E-state index in [4.69, 9.17) is 9.72 Å². The highest BCUT2D eigenvalue weighted by molar-refractivity contribution is 7.13. The molecule has 0 N–H and O–H groups in total. The van der Waals surface area contributed by atoms with E-state index >= 15 is 0 Å². The van der Waals surface area contributed by atoms with Gasteiger partial charge in [0.2, 0.25) is 0 Å². The van der Waals surface area contributed by atoms with Gasteiger partial charge < -0.3 is 4.74 Å². The fourth-order valence-corrected chi connectivity index (χ4v) is 2.86. The second-order valence-corrected chi connectivity index (χ2v) is 5.50. The predicted octanol–water partition coefficient (Wildman–Crippen LogP) is 3.99. The maximum atomic E-state index is 5.17. The Morgan fingerprint density at radius 2 is 1.86 bits per heavy atom. The third kappa shape index (κ3) is 4.28. The smallest absolute Gasteiger partial charge is 0.123 e. The molecule has 0 unspecified atom stereocenters. The zero-order valence-electron chi connectivity index (χ0n) is 12.3. The summed E-state index contributed by atoms with van der Waals surface area (Å²) >= 11 is 1.66. The topological polar surface area (TPSA) is 25.4 Å². The van der Waals surface area contributed by atoms with Crippen LogP contribution in [-0.4, -0.2) is 30.1 Å².